The predicted molar refractivity (Wildman–Crippen MR) is 72.1 cm³/mol. The molecule has 0 saturated carbocycles. The zero-order valence-corrected chi connectivity index (χ0v) is 10.6. The Kier molecular flexibility index (Phi) is 8.81. The van der Waals surface area contributed by atoms with Crippen LogP contribution in [0.4, 0.5) is 4.39 Å². The van der Waals surface area contributed by atoms with Crippen LogP contribution in [0.25, 0.3) is 0 Å². The summed E-state index contributed by atoms with van der Waals surface area (Å²) < 4.78 is 12.0. The van der Waals surface area contributed by atoms with Crippen molar-refractivity contribution in [3.8, 4) is 12.8 Å². The maximum atomic E-state index is 12.0. The van der Waals surface area contributed by atoms with Gasteiger partial charge in [-0.2, -0.15) is 0 Å². The second-order valence-corrected chi connectivity index (χ2v) is 3.58. The molecule has 0 aromatic heterocycles. The number of hydrogen-bond donors (Lipinski definition) is 2. The lowest BCUT2D eigenvalue weighted by atomic mass is 10.1. The lowest BCUT2D eigenvalue weighted by molar-refractivity contribution is 0.561. The minimum absolute atomic E-state index is 0.396. The van der Waals surface area contributed by atoms with Crippen molar-refractivity contribution in [2.75, 3.05) is 19.8 Å². The summed E-state index contributed by atoms with van der Waals surface area (Å²) in [5.74, 6) is 0. The van der Waals surface area contributed by atoms with Crippen LogP contribution in [0.5, 0.6) is 0 Å². The van der Waals surface area contributed by atoms with E-state index >= 15 is 0 Å². The summed E-state index contributed by atoms with van der Waals surface area (Å²) in [6, 6.07) is 0. The Morgan fingerprint density at radius 3 is 2.82 bits per heavy atom. The molecule has 1 aliphatic heterocycles. The molecule has 0 fully saturated rings. The molecule has 0 bridgehead atoms. The van der Waals surface area contributed by atoms with Crippen LogP contribution >= 0.6 is 0 Å². The molecule has 3 heteroatoms. The number of alkyl halides is 1. The molecule has 1 rings (SSSR count). The highest BCUT2D eigenvalue weighted by atomic mass is 19.1. The Labute approximate surface area is 104 Å². The third-order valence-corrected chi connectivity index (χ3v) is 2.45. The van der Waals surface area contributed by atoms with E-state index in [2.05, 4.69) is 23.5 Å². The molecule has 0 unspecified atom stereocenters. The second kappa shape index (κ2) is 9.68. The summed E-state index contributed by atoms with van der Waals surface area (Å²) in [6.07, 6.45) is 14.4. The zero-order valence-electron chi connectivity index (χ0n) is 10.6. The molecule has 0 amide bonds. The van der Waals surface area contributed by atoms with Crippen LogP contribution < -0.4 is 10.6 Å². The highest BCUT2D eigenvalue weighted by Gasteiger charge is 2.09. The van der Waals surface area contributed by atoms with Gasteiger partial charge in [0.25, 0.3) is 0 Å². The van der Waals surface area contributed by atoms with E-state index in [9.17, 15) is 4.39 Å². The van der Waals surface area contributed by atoms with Gasteiger partial charge in [0.2, 0.25) is 0 Å². The Morgan fingerprint density at radius 2 is 2.24 bits per heavy atom. The van der Waals surface area contributed by atoms with Crippen LogP contribution in [0.2, 0.25) is 0 Å². The van der Waals surface area contributed by atoms with E-state index in [1.54, 1.807) is 6.08 Å². The minimum Gasteiger partial charge on any atom is -0.362 e. The third kappa shape index (κ3) is 5.94. The summed E-state index contributed by atoms with van der Waals surface area (Å²) in [5, 5.41) is 6.63. The summed E-state index contributed by atoms with van der Waals surface area (Å²) in [4.78, 5) is 0. The van der Waals surface area contributed by atoms with Crippen molar-refractivity contribution in [1.29, 1.82) is 0 Å². The number of rotatable bonds is 4. The van der Waals surface area contributed by atoms with Gasteiger partial charge in [-0.1, -0.05) is 18.2 Å². The Balaban J connectivity index is 0.00000121. The quantitative estimate of drug-likeness (QED) is 0.733. The number of terminal acetylenes is 1. The van der Waals surface area contributed by atoms with Gasteiger partial charge in [-0.25, -0.2) is 4.39 Å². The predicted octanol–water partition coefficient (Wildman–Crippen LogP) is 2.52. The van der Waals surface area contributed by atoms with Gasteiger partial charge < -0.3 is 10.6 Å². The molecule has 0 atom stereocenters. The Morgan fingerprint density at radius 1 is 1.53 bits per heavy atom. The topological polar surface area (TPSA) is 24.1 Å². The summed E-state index contributed by atoms with van der Waals surface area (Å²) in [7, 11) is 0. The van der Waals surface area contributed by atoms with Gasteiger partial charge in [0.15, 0.2) is 0 Å². The average molecular weight is 236 g/mol. The normalized spacial score (nSPS) is 16.6. The summed E-state index contributed by atoms with van der Waals surface area (Å²) in [5.41, 5.74) is 3.48. The van der Waals surface area contributed by atoms with Gasteiger partial charge in [0.1, 0.15) is 6.67 Å². The molecule has 17 heavy (non-hydrogen) atoms. The van der Waals surface area contributed by atoms with Crippen molar-refractivity contribution in [3.05, 3.63) is 35.2 Å². The fourth-order valence-corrected chi connectivity index (χ4v) is 1.51. The maximum absolute atomic E-state index is 12.0. The highest BCUT2D eigenvalue weighted by molar-refractivity contribution is 5.30. The van der Waals surface area contributed by atoms with Gasteiger partial charge in [-0.3, -0.25) is 0 Å². The van der Waals surface area contributed by atoms with E-state index in [0.29, 0.717) is 0 Å². The molecule has 0 aromatic rings. The first kappa shape index (κ1) is 15.5. The van der Waals surface area contributed by atoms with Crippen LogP contribution in [0, 0.1) is 12.8 Å². The van der Waals surface area contributed by atoms with Gasteiger partial charge in [-0.05, 0) is 32.4 Å². The molecule has 1 aliphatic rings. The van der Waals surface area contributed by atoms with Crippen molar-refractivity contribution in [1.82, 2.24) is 10.6 Å². The van der Waals surface area contributed by atoms with E-state index < -0.39 is 6.67 Å². The van der Waals surface area contributed by atoms with E-state index in [1.807, 2.05) is 26.0 Å². The standard InChI is InChI=1S/C12H19FN2.C2H2/c1-3-10(2)15-12-9-14-8-6-11(12)5-4-7-13;1-2/h3-5,14-15H,6-9H2,1-2H3;1-2H/b5-4+,10-3+;. The average Bonchev–Trinajstić information content (AvgIpc) is 2.40. The van der Waals surface area contributed by atoms with Crippen molar-refractivity contribution in [2.45, 2.75) is 20.3 Å². The van der Waals surface area contributed by atoms with Crippen LogP contribution in [-0.2, 0) is 0 Å². The van der Waals surface area contributed by atoms with Gasteiger partial charge in [-0.15, -0.1) is 12.8 Å². The smallest absolute Gasteiger partial charge is 0.108 e. The van der Waals surface area contributed by atoms with Crippen LogP contribution in [0.15, 0.2) is 35.2 Å². The third-order valence-electron chi connectivity index (χ3n) is 2.45. The molecule has 1 heterocycles. The highest BCUT2D eigenvalue weighted by Crippen LogP contribution is 2.13. The van der Waals surface area contributed by atoms with Crippen molar-refractivity contribution in [3.63, 3.8) is 0 Å². The number of hydrogen-bond acceptors (Lipinski definition) is 2. The van der Waals surface area contributed by atoms with E-state index in [0.717, 1.165) is 30.9 Å². The van der Waals surface area contributed by atoms with Gasteiger partial charge in [0.05, 0.1) is 0 Å². The Bertz CT molecular complexity index is 324. The minimum atomic E-state index is -0.396. The largest absolute Gasteiger partial charge is 0.362 e. The van der Waals surface area contributed by atoms with E-state index in [4.69, 9.17) is 0 Å². The first-order valence-corrected chi connectivity index (χ1v) is 5.66. The molecule has 2 N–H and O–H groups in total. The first-order chi connectivity index (χ1) is 8.27. The molecule has 0 spiro atoms. The molecule has 94 valence electrons. The number of allylic oxidation sites excluding steroid dienone is 4. The maximum Gasteiger partial charge on any atom is 0.108 e. The van der Waals surface area contributed by atoms with Crippen molar-refractivity contribution >= 4 is 0 Å². The fraction of sp³-hybridized carbons (Fsp3) is 0.429. The molecular formula is C14H21FN2. The lowest BCUT2D eigenvalue weighted by Crippen LogP contribution is -2.31. The monoisotopic (exact) mass is 236 g/mol. The first-order valence-electron chi connectivity index (χ1n) is 5.66. The lowest BCUT2D eigenvalue weighted by Gasteiger charge is -2.21. The zero-order chi connectivity index (χ0) is 13.1. The molecule has 0 radical (unpaired) electrons. The van der Waals surface area contributed by atoms with Gasteiger partial charge >= 0.3 is 0 Å². The second-order valence-electron chi connectivity index (χ2n) is 3.58. The molecule has 0 aromatic carbocycles. The van der Waals surface area contributed by atoms with Crippen LogP contribution in [0.1, 0.15) is 20.3 Å². The van der Waals surface area contributed by atoms with Crippen LogP contribution in [-0.4, -0.2) is 19.8 Å². The molecule has 2 nitrogen and oxygen atoms in total. The summed E-state index contributed by atoms with van der Waals surface area (Å²) in [6.45, 7) is 5.42. The van der Waals surface area contributed by atoms with E-state index in [1.165, 1.54) is 5.57 Å². The number of nitrogens with one attached hydrogen (secondary N) is 2. The van der Waals surface area contributed by atoms with Crippen LogP contribution in [0.3, 0.4) is 0 Å². The molecule has 0 saturated heterocycles. The van der Waals surface area contributed by atoms with Crippen molar-refractivity contribution < 1.29 is 4.39 Å². The molecule has 0 aliphatic carbocycles. The van der Waals surface area contributed by atoms with Gasteiger partial charge in [0, 0.05) is 17.9 Å². The summed E-state index contributed by atoms with van der Waals surface area (Å²) >= 11 is 0. The fourth-order valence-electron chi connectivity index (χ4n) is 1.51. The Hall–Kier alpha value is -1.53. The van der Waals surface area contributed by atoms with E-state index in [-0.39, 0.29) is 0 Å². The number of halogens is 1. The van der Waals surface area contributed by atoms with Crippen molar-refractivity contribution in [2.24, 2.45) is 0 Å². The SMILES string of the molecule is C#C.C/C=C(\C)NC1=C(/C=C/CF)CCNC1. The molecular weight excluding hydrogens is 215 g/mol.